The molecule has 0 spiro atoms. The maximum absolute atomic E-state index is 9.04. The van der Waals surface area contributed by atoms with Crippen LogP contribution < -0.4 is 36.9 Å². The predicted molar refractivity (Wildman–Crippen MR) is 212 cm³/mol. The molecule has 0 aliphatic rings. The molecule has 0 atom stereocenters. The second-order valence-electron chi connectivity index (χ2n) is 11.4. The number of carboxylic acids is 2. The zero-order chi connectivity index (χ0) is 35.4. The zero-order valence-electron chi connectivity index (χ0n) is 28.1. The van der Waals surface area contributed by atoms with Crippen LogP contribution in [0, 0.1) is 6.92 Å². The molecule has 253 valence electrons. The Morgan fingerprint density at radius 2 is 0.780 bits per heavy atom. The third-order valence-corrected chi connectivity index (χ3v) is 15.0. The second kappa shape index (κ2) is 20.6. The Hall–Kier alpha value is -4.88. The fourth-order valence-electron chi connectivity index (χ4n) is 5.76. The van der Waals surface area contributed by atoms with Crippen molar-refractivity contribution in [2.24, 2.45) is 0 Å². The number of benzene rings is 6. The van der Waals surface area contributed by atoms with Crippen LogP contribution >= 0.6 is 15.2 Å². The lowest BCUT2D eigenvalue weighted by molar-refractivity contribution is -0.303. The molecule has 4 nitrogen and oxygen atoms in total. The van der Waals surface area contributed by atoms with Gasteiger partial charge in [0, 0.05) is 0 Å². The molecule has 0 saturated carbocycles. The number of carbonyl (C=O) groups is 2. The molecular formula is C44H43O4P2. The van der Waals surface area contributed by atoms with Gasteiger partial charge in [-0.25, -0.2) is 4.79 Å². The van der Waals surface area contributed by atoms with Crippen molar-refractivity contribution in [2.45, 2.75) is 25.7 Å². The third-order valence-electron chi connectivity index (χ3n) is 8.05. The summed E-state index contributed by atoms with van der Waals surface area (Å²) in [4.78, 5) is 18.0. The van der Waals surface area contributed by atoms with Crippen LogP contribution in [-0.4, -0.2) is 23.2 Å². The van der Waals surface area contributed by atoms with Crippen LogP contribution in [0.25, 0.3) is 0 Å². The number of carboxylic acid groups (broad SMARTS) is 2. The van der Waals surface area contributed by atoms with Gasteiger partial charge in [-0.05, 0) is 73.1 Å². The molecule has 50 heavy (non-hydrogen) atoms. The lowest BCUT2D eigenvalue weighted by Gasteiger charge is -2.27. The van der Waals surface area contributed by atoms with E-state index in [1.807, 2.05) is 0 Å². The van der Waals surface area contributed by atoms with E-state index in [1.54, 1.807) is 0 Å². The van der Waals surface area contributed by atoms with E-state index in [4.69, 9.17) is 19.8 Å². The van der Waals surface area contributed by atoms with E-state index in [0.717, 1.165) is 6.42 Å². The minimum Gasteiger partial charge on any atom is -0.539 e. The summed E-state index contributed by atoms with van der Waals surface area (Å²) in [5.41, 5.74) is 0. The van der Waals surface area contributed by atoms with Crippen LogP contribution in [0.1, 0.15) is 25.7 Å². The van der Waals surface area contributed by atoms with Gasteiger partial charge in [-0.3, -0.25) is 0 Å². The fourth-order valence-corrected chi connectivity index (χ4v) is 12.5. The Labute approximate surface area is 298 Å². The number of unbranched alkanes of at least 4 members (excludes halogenated alkanes) is 3. The number of aliphatic carboxylic acids is 2. The summed E-state index contributed by atoms with van der Waals surface area (Å²) in [5.74, 6) is -4.01. The highest BCUT2D eigenvalue weighted by Crippen LogP contribution is 2.56. The summed E-state index contributed by atoms with van der Waals surface area (Å²) < 4.78 is 0. The molecule has 0 amide bonds. The average molecular weight is 698 g/mol. The molecule has 0 aromatic heterocycles. The Bertz CT molecular complexity index is 1620. The number of hydrogen-bond acceptors (Lipinski definition) is 3. The molecule has 0 aliphatic carbocycles. The number of hydrogen-bond donors (Lipinski definition) is 1. The first kappa shape index (κ1) is 37.9. The highest BCUT2D eigenvalue weighted by atomic mass is 31.2. The molecule has 6 aromatic rings. The van der Waals surface area contributed by atoms with E-state index in [-0.39, 0.29) is 0 Å². The van der Waals surface area contributed by atoms with E-state index in [1.165, 1.54) is 57.3 Å². The van der Waals surface area contributed by atoms with Crippen LogP contribution in [0.2, 0.25) is 0 Å². The van der Waals surface area contributed by atoms with Gasteiger partial charge in [0.05, 0.1) is 6.16 Å². The molecule has 6 aromatic carbocycles. The molecule has 6 rings (SSSR count). The van der Waals surface area contributed by atoms with Gasteiger partial charge in [-0.15, -0.1) is 0 Å². The third kappa shape index (κ3) is 10.8. The topological polar surface area (TPSA) is 77.4 Å². The highest BCUT2D eigenvalue weighted by molar-refractivity contribution is 7.95. The van der Waals surface area contributed by atoms with Crippen LogP contribution in [0.4, 0.5) is 0 Å². The van der Waals surface area contributed by atoms with E-state index >= 15 is 0 Å². The van der Waals surface area contributed by atoms with Gasteiger partial charge < -0.3 is 15.0 Å². The number of rotatable bonds is 11. The summed E-state index contributed by atoms with van der Waals surface area (Å²) in [6.45, 7) is 4.00. The predicted octanol–water partition coefficient (Wildman–Crippen LogP) is 6.64. The second-order valence-corrected chi connectivity index (χ2v) is 17.2. The van der Waals surface area contributed by atoms with Gasteiger partial charge in [0.25, 0.3) is 0 Å². The van der Waals surface area contributed by atoms with Crippen LogP contribution in [-0.2, 0) is 9.59 Å². The standard InChI is InChI=1S/C24H27P.C18H15P.C2H2O4/c1-2-3-4-14-21-25(22-15-8-5-9-16-22,23-17-10-6-11-18-23)24-19-12-7-13-20-24;1-4-10-16(11-5-1)19(17-12-6-2-7-13-17)18-14-8-3-9-15-18;3-1(4)2(5)6/h5-13,15-20H,1-4,14,21H2;1-15H;(H,3,4)(H,5,6)/q+1;;/p-1. The first-order valence-corrected chi connectivity index (χ1v) is 20.0. The molecule has 0 fully saturated rings. The Morgan fingerprint density at radius 3 is 1.04 bits per heavy atom. The van der Waals surface area contributed by atoms with Crippen LogP contribution in [0.15, 0.2) is 182 Å². The van der Waals surface area contributed by atoms with Crippen molar-refractivity contribution < 1.29 is 19.8 Å². The maximum Gasteiger partial charge on any atom is 0.351 e. The van der Waals surface area contributed by atoms with Crippen molar-refractivity contribution in [1.82, 2.24) is 0 Å². The Balaban J connectivity index is 0.000000198. The summed E-state index contributed by atoms with van der Waals surface area (Å²) in [6.07, 6.45) is 6.00. The van der Waals surface area contributed by atoms with E-state index in [9.17, 15) is 0 Å². The molecule has 1 radical (unpaired) electrons. The molecule has 0 aliphatic heterocycles. The van der Waals surface area contributed by atoms with Crippen molar-refractivity contribution in [3.05, 3.63) is 189 Å². The Kier molecular flexibility index (Phi) is 15.6. The quantitative estimate of drug-likeness (QED) is 0.0936. The van der Waals surface area contributed by atoms with Crippen LogP contribution in [0.3, 0.4) is 0 Å². The minimum absolute atomic E-state index is 0.446. The van der Waals surface area contributed by atoms with Crippen molar-refractivity contribution >= 4 is 58.9 Å². The fraction of sp³-hybridized carbons (Fsp3) is 0.114. The SMILES string of the molecule is O=C([O-])C(=O)O.[CH2]CCCCC[P+](c1ccccc1)(c1ccccc1)c1ccccc1.c1ccc(P(c2ccccc2)c2ccccc2)cc1. The lowest BCUT2D eigenvalue weighted by Crippen LogP contribution is -2.33. The van der Waals surface area contributed by atoms with Crippen LogP contribution in [0.5, 0.6) is 0 Å². The normalized spacial score (nSPS) is 10.6. The zero-order valence-corrected chi connectivity index (χ0v) is 29.9. The smallest absolute Gasteiger partial charge is 0.351 e. The molecule has 0 bridgehead atoms. The molecule has 0 unspecified atom stereocenters. The largest absolute Gasteiger partial charge is 0.539 e. The van der Waals surface area contributed by atoms with Gasteiger partial charge in [-0.1, -0.05) is 165 Å². The monoisotopic (exact) mass is 697 g/mol. The van der Waals surface area contributed by atoms with Gasteiger partial charge in [0.15, 0.2) is 5.97 Å². The first-order valence-electron chi connectivity index (χ1n) is 16.7. The van der Waals surface area contributed by atoms with Crippen molar-refractivity contribution in [3.63, 3.8) is 0 Å². The molecule has 0 saturated heterocycles. The number of carbonyl (C=O) groups excluding carboxylic acids is 1. The Morgan fingerprint density at radius 1 is 0.500 bits per heavy atom. The van der Waals surface area contributed by atoms with Crippen molar-refractivity contribution in [3.8, 4) is 0 Å². The molecular weight excluding hydrogens is 654 g/mol. The van der Waals surface area contributed by atoms with E-state index in [0.29, 0.717) is 0 Å². The summed E-state index contributed by atoms with van der Waals surface area (Å²) in [5, 5.41) is 25.0. The molecule has 0 heterocycles. The highest BCUT2D eigenvalue weighted by Gasteiger charge is 2.44. The van der Waals surface area contributed by atoms with E-state index in [2.05, 4.69) is 189 Å². The van der Waals surface area contributed by atoms with Crippen molar-refractivity contribution in [2.75, 3.05) is 6.16 Å². The van der Waals surface area contributed by atoms with Gasteiger partial charge in [0.2, 0.25) is 0 Å². The summed E-state index contributed by atoms with van der Waals surface area (Å²) in [7, 11) is -2.06. The lowest BCUT2D eigenvalue weighted by atomic mass is 10.2. The first-order chi connectivity index (χ1) is 24.5. The summed E-state index contributed by atoms with van der Waals surface area (Å²) >= 11 is 0. The van der Waals surface area contributed by atoms with Gasteiger partial charge in [-0.2, -0.15) is 0 Å². The average Bonchev–Trinajstić information content (AvgIpc) is 3.18. The van der Waals surface area contributed by atoms with E-state index < -0.39 is 27.1 Å². The minimum atomic E-state index is -2.07. The molecule has 1 N–H and O–H groups in total. The van der Waals surface area contributed by atoms with Crippen molar-refractivity contribution in [1.29, 1.82) is 0 Å². The summed E-state index contributed by atoms with van der Waals surface area (Å²) in [6, 6.07) is 65.8. The van der Waals surface area contributed by atoms with Gasteiger partial charge >= 0.3 is 5.97 Å². The maximum atomic E-state index is 9.04. The molecule has 6 heteroatoms. The van der Waals surface area contributed by atoms with Gasteiger partial charge in [0.1, 0.15) is 23.2 Å².